The minimum absolute atomic E-state index is 0.0169. The van der Waals surface area contributed by atoms with Crippen molar-refractivity contribution in [2.24, 2.45) is 0 Å². The van der Waals surface area contributed by atoms with Gasteiger partial charge in [-0.05, 0) is 31.2 Å². The summed E-state index contributed by atoms with van der Waals surface area (Å²) in [7, 11) is 0. The molecule has 0 saturated carbocycles. The second-order valence-electron chi connectivity index (χ2n) is 6.07. The number of hydrazine groups is 1. The van der Waals surface area contributed by atoms with Gasteiger partial charge in [0.05, 0.1) is 24.9 Å². The third-order valence-electron chi connectivity index (χ3n) is 3.70. The van der Waals surface area contributed by atoms with Gasteiger partial charge >= 0.3 is 0 Å². The molecular formula is C19H19N5O4S. The van der Waals surface area contributed by atoms with Crippen LogP contribution in [0, 0.1) is 6.92 Å². The van der Waals surface area contributed by atoms with Gasteiger partial charge < -0.3 is 9.73 Å². The number of hydrogen-bond donors (Lipinski definition) is 4. The molecular weight excluding hydrogens is 394 g/mol. The lowest BCUT2D eigenvalue weighted by Crippen LogP contribution is -2.44. The van der Waals surface area contributed by atoms with Gasteiger partial charge in [-0.2, -0.15) is 0 Å². The summed E-state index contributed by atoms with van der Waals surface area (Å²) in [4.78, 5) is 39.8. The third-order valence-corrected chi connectivity index (χ3v) is 4.51. The van der Waals surface area contributed by atoms with Gasteiger partial charge in [-0.25, -0.2) is 4.98 Å². The van der Waals surface area contributed by atoms with Crippen LogP contribution in [0.3, 0.4) is 0 Å². The second-order valence-corrected chi connectivity index (χ2v) is 6.93. The normalized spacial score (nSPS) is 10.2. The summed E-state index contributed by atoms with van der Waals surface area (Å²) in [5.41, 5.74) is 7.07. The van der Waals surface area contributed by atoms with E-state index >= 15 is 0 Å². The molecule has 0 fully saturated rings. The van der Waals surface area contributed by atoms with Gasteiger partial charge in [-0.15, -0.1) is 11.3 Å². The van der Waals surface area contributed by atoms with Crippen molar-refractivity contribution in [2.75, 3.05) is 17.2 Å². The van der Waals surface area contributed by atoms with Crippen molar-refractivity contribution in [1.29, 1.82) is 0 Å². The highest BCUT2D eigenvalue weighted by Crippen LogP contribution is 2.17. The molecule has 2 heterocycles. The summed E-state index contributed by atoms with van der Waals surface area (Å²) in [6, 6.07) is 10.7. The first-order valence-corrected chi connectivity index (χ1v) is 9.55. The molecule has 0 atom stereocenters. The zero-order valence-electron chi connectivity index (χ0n) is 15.5. The van der Waals surface area contributed by atoms with Gasteiger partial charge in [0.2, 0.25) is 5.91 Å². The molecule has 150 valence electrons. The Kier molecular flexibility index (Phi) is 6.59. The molecule has 29 heavy (non-hydrogen) atoms. The minimum atomic E-state index is -0.428. The molecule has 0 radical (unpaired) electrons. The van der Waals surface area contributed by atoms with Crippen molar-refractivity contribution in [3.8, 4) is 0 Å². The van der Waals surface area contributed by atoms with Crippen molar-refractivity contribution in [1.82, 2.24) is 15.8 Å². The van der Waals surface area contributed by atoms with E-state index in [1.807, 2.05) is 31.2 Å². The fourth-order valence-corrected chi connectivity index (χ4v) is 2.96. The monoisotopic (exact) mass is 413 g/mol. The Morgan fingerprint density at radius 3 is 2.55 bits per heavy atom. The summed E-state index contributed by atoms with van der Waals surface area (Å²) in [5.74, 6) is -1.07. The summed E-state index contributed by atoms with van der Waals surface area (Å²) in [6.07, 6.45) is 1.36. The van der Waals surface area contributed by atoms with E-state index in [0.29, 0.717) is 10.8 Å². The molecule has 2 aromatic heterocycles. The van der Waals surface area contributed by atoms with Crippen LogP contribution in [-0.2, 0) is 16.0 Å². The van der Waals surface area contributed by atoms with E-state index in [-0.39, 0.29) is 24.6 Å². The molecule has 0 aliphatic carbocycles. The maximum atomic E-state index is 12.0. The maximum Gasteiger partial charge on any atom is 0.293 e. The van der Waals surface area contributed by atoms with Gasteiger partial charge in [0.25, 0.3) is 11.8 Å². The molecule has 3 amide bonds. The number of amides is 3. The Morgan fingerprint density at radius 2 is 1.83 bits per heavy atom. The van der Waals surface area contributed by atoms with Crippen LogP contribution < -0.4 is 21.5 Å². The van der Waals surface area contributed by atoms with Crippen molar-refractivity contribution in [3.05, 3.63) is 65.1 Å². The molecule has 3 aromatic rings. The maximum absolute atomic E-state index is 12.0. The summed E-state index contributed by atoms with van der Waals surface area (Å²) < 4.78 is 5.00. The zero-order chi connectivity index (χ0) is 20.6. The molecule has 0 aliphatic rings. The smallest absolute Gasteiger partial charge is 0.293 e. The molecule has 1 aromatic carbocycles. The molecule has 4 N–H and O–H groups in total. The minimum Gasteiger partial charge on any atom is -0.459 e. The number of aryl methyl sites for hydroxylation is 1. The average molecular weight is 413 g/mol. The van der Waals surface area contributed by atoms with E-state index in [1.54, 1.807) is 11.4 Å². The number of thiazole rings is 1. The van der Waals surface area contributed by atoms with Crippen LogP contribution in [0.25, 0.3) is 0 Å². The van der Waals surface area contributed by atoms with Crippen molar-refractivity contribution < 1.29 is 18.8 Å². The zero-order valence-corrected chi connectivity index (χ0v) is 16.3. The Labute approximate surface area is 170 Å². The van der Waals surface area contributed by atoms with Crippen LogP contribution in [0.1, 0.15) is 21.8 Å². The van der Waals surface area contributed by atoms with E-state index in [9.17, 15) is 14.4 Å². The fraction of sp³-hybridized carbons (Fsp3) is 0.158. The molecule has 3 rings (SSSR count). The second kappa shape index (κ2) is 9.51. The topological polar surface area (TPSA) is 125 Å². The van der Waals surface area contributed by atoms with E-state index < -0.39 is 11.8 Å². The van der Waals surface area contributed by atoms with E-state index in [1.165, 1.54) is 23.7 Å². The number of rotatable bonds is 7. The first-order valence-electron chi connectivity index (χ1n) is 8.67. The summed E-state index contributed by atoms with van der Waals surface area (Å²) >= 11 is 1.19. The quantitative estimate of drug-likeness (QED) is 0.440. The fourth-order valence-electron chi connectivity index (χ4n) is 2.26. The standard InChI is InChI=1S/C19H19N5O4S/c1-12-4-6-13(7-5-12)20-10-17(26)24-23-16(25)9-14-11-29-19(21-14)22-18(27)15-3-2-8-28-15/h2-8,11,20H,9-10H2,1H3,(H,23,25)(H,24,26)(H,21,22,27). The number of nitrogens with zero attached hydrogens (tertiary/aromatic N) is 1. The lowest BCUT2D eigenvalue weighted by molar-refractivity contribution is -0.127. The number of hydrogen-bond acceptors (Lipinski definition) is 7. The van der Waals surface area contributed by atoms with Crippen molar-refractivity contribution >= 4 is 39.9 Å². The molecule has 0 aliphatic heterocycles. The van der Waals surface area contributed by atoms with Gasteiger partial charge in [-0.1, -0.05) is 17.7 Å². The predicted molar refractivity (Wildman–Crippen MR) is 108 cm³/mol. The van der Waals surface area contributed by atoms with Crippen LogP contribution in [-0.4, -0.2) is 29.3 Å². The number of carbonyl (C=O) groups excluding carboxylic acids is 3. The number of aromatic nitrogens is 1. The van der Waals surface area contributed by atoms with Gasteiger partial charge in [0, 0.05) is 11.1 Å². The molecule has 9 nitrogen and oxygen atoms in total. The predicted octanol–water partition coefficient (Wildman–Crippen LogP) is 2.10. The highest BCUT2D eigenvalue weighted by Gasteiger charge is 2.13. The number of anilines is 2. The highest BCUT2D eigenvalue weighted by molar-refractivity contribution is 7.14. The lowest BCUT2D eigenvalue weighted by Gasteiger charge is -2.09. The molecule has 10 heteroatoms. The highest BCUT2D eigenvalue weighted by atomic mass is 32.1. The Morgan fingerprint density at radius 1 is 1.07 bits per heavy atom. The largest absolute Gasteiger partial charge is 0.459 e. The summed E-state index contributed by atoms with van der Waals surface area (Å²) in [6.45, 7) is 1.99. The number of benzene rings is 1. The molecule has 0 saturated heterocycles. The van der Waals surface area contributed by atoms with Gasteiger partial charge in [0.1, 0.15) is 0 Å². The van der Waals surface area contributed by atoms with Gasteiger partial charge in [-0.3, -0.25) is 30.6 Å². The molecule has 0 bridgehead atoms. The van der Waals surface area contributed by atoms with Crippen LogP contribution in [0.2, 0.25) is 0 Å². The number of furan rings is 1. The van der Waals surface area contributed by atoms with Crippen molar-refractivity contribution in [3.63, 3.8) is 0 Å². The van der Waals surface area contributed by atoms with Gasteiger partial charge in [0.15, 0.2) is 10.9 Å². The van der Waals surface area contributed by atoms with Crippen LogP contribution in [0.15, 0.2) is 52.5 Å². The Balaban J connectivity index is 1.39. The number of carbonyl (C=O) groups is 3. The van der Waals surface area contributed by atoms with E-state index in [2.05, 4.69) is 26.5 Å². The third kappa shape index (κ3) is 6.18. The van der Waals surface area contributed by atoms with E-state index in [0.717, 1.165) is 11.3 Å². The first kappa shape index (κ1) is 20.1. The average Bonchev–Trinajstić information content (AvgIpc) is 3.38. The van der Waals surface area contributed by atoms with Crippen LogP contribution >= 0.6 is 11.3 Å². The summed E-state index contributed by atoms with van der Waals surface area (Å²) in [5, 5.41) is 7.54. The Bertz CT molecular complexity index is 982. The molecule has 0 unspecified atom stereocenters. The first-order chi connectivity index (χ1) is 14.0. The van der Waals surface area contributed by atoms with E-state index in [4.69, 9.17) is 4.42 Å². The van der Waals surface area contributed by atoms with Crippen LogP contribution in [0.5, 0.6) is 0 Å². The number of nitrogens with one attached hydrogen (secondary N) is 4. The lowest BCUT2D eigenvalue weighted by atomic mass is 10.2. The van der Waals surface area contributed by atoms with Crippen LogP contribution in [0.4, 0.5) is 10.8 Å². The Hall–Kier alpha value is -3.66. The molecule has 0 spiro atoms. The van der Waals surface area contributed by atoms with Crippen molar-refractivity contribution in [2.45, 2.75) is 13.3 Å². The SMILES string of the molecule is Cc1ccc(NCC(=O)NNC(=O)Cc2csc(NC(=O)c3ccco3)n2)cc1.